The highest BCUT2D eigenvalue weighted by Gasteiger charge is 2.58. The highest BCUT2D eigenvalue weighted by atomic mass is 16.4. The summed E-state index contributed by atoms with van der Waals surface area (Å²) in [6.07, 6.45) is 4.36. The van der Waals surface area contributed by atoms with Gasteiger partial charge in [0.2, 0.25) is 5.54 Å². The van der Waals surface area contributed by atoms with E-state index >= 15 is 0 Å². The molecule has 0 unspecified atom stereocenters. The summed E-state index contributed by atoms with van der Waals surface area (Å²) in [5.41, 5.74) is -4.07. The lowest BCUT2D eigenvalue weighted by Crippen LogP contribution is -2.65. The summed E-state index contributed by atoms with van der Waals surface area (Å²) in [6.45, 7) is 2.57. The van der Waals surface area contributed by atoms with Crippen molar-refractivity contribution in [1.29, 1.82) is 0 Å². The molecule has 8 nitrogen and oxygen atoms in total. The first kappa shape index (κ1) is 18.0. The molecule has 8 heteroatoms. The molecule has 0 aliphatic carbocycles. The predicted octanol–water partition coefficient (Wildman–Crippen LogP) is 1.52. The molecule has 1 aromatic heterocycles. The molecular weight excluding hydrogens is 304 g/mol. The first-order valence-corrected chi connectivity index (χ1v) is 6.47. The van der Waals surface area contributed by atoms with E-state index in [1.54, 1.807) is 0 Å². The Labute approximate surface area is 132 Å². The predicted molar refractivity (Wildman–Crippen MR) is 80.0 cm³/mol. The third kappa shape index (κ3) is 3.08. The Morgan fingerprint density at radius 3 is 2.22 bits per heavy atom. The minimum Gasteiger partial charge on any atom is -0.481 e. The first-order valence-electron chi connectivity index (χ1n) is 6.47. The van der Waals surface area contributed by atoms with E-state index in [9.17, 15) is 24.6 Å². The summed E-state index contributed by atoms with van der Waals surface area (Å²) >= 11 is 0. The smallest absolute Gasteiger partial charge is 0.414 e. The van der Waals surface area contributed by atoms with Gasteiger partial charge < -0.3 is 15.3 Å². The second-order valence-corrected chi connectivity index (χ2v) is 5.42. The maximum Gasteiger partial charge on any atom is 0.414 e. The fourth-order valence-electron chi connectivity index (χ4n) is 2.41. The van der Waals surface area contributed by atoms with Gasteiger partial charge in [0.25, 0.3) is 0 Å². The fourth-order valence-corrected chi connectivity index (χ4v) is 2.41. The Hall–Kier alpha value is -3.08. The third-order valence-corrected chi connectivity index (χ3v) is 3.50. The van der Waals surface area contributed by atoms with Crippen LogP contribution in [0.25, 0.3) is 0 Å². The molecular formula is C15H16N2O6. The number of terminal acetylenes is 1. The molecule has 0 saturated heterocycles. The Morgan fingerprint density at radius 2 is 1.87 bits per heavy atom. The Bertz CT molecular complexity index is 664. The van der Waals surface area contributed by atoms with Crippen molar-refractivity contribution in [1.82, 2.24) is 4.98 Å². The molecule has 0 saturated carbocycles. The van der Waals surface area contributed by atoms with Crippen LogP contribution in [0.2, 0.25) is 0 Å². The molecule has 0 aliphatic heterocycles. The van der Waals surface area contributed by atoms with Crippen molar-refractivity contribution in [2.75, 3.05) is 4.90 Å². The number of anilines is 1. The van der Waals surface area contributed by atoms with Gasteiger partial charge in [-0.1, -0.05) is 25.8 Å². The monoisotopic (exact) mass is 320 g/mol. The summed E-state index contributed by atoms with van der Waals surface area (Å²) in [4.78, 5) is 39.0. The molecule has 0 aromatic carbocycles. The molecule has 0 fully saturated rings. The fraction of sp³-hybridized carbons (Fsp3) is 0.333. The number of carbonyl (C=O) groups is 3. The molecule has 1 aromatic rings. The van der Waals surface area contributed by atoms with Crippen molar-refractivity contribution in [2.24, 2.45) is 5.41 Å². The first-order chi connectivity index (χ1) is 10.6. The number of amides is 1. The number of pyridine rings is 1. The van der Waals surface area contributed by atoms with Gasteiger partial charge in [0, 0.05) is 11.6 Å². The summed E-state index contributed by atoms with van der Waals surface area (Å²) in [7, 11) is 0. The van der Waals surface area contributed by atoms with E-state index < -0.39 is 35.4 Å². The van der Waals surface area contributed by atoms with Gasteiger partial charge in [-0.05, 0) is 12.1 Å². The van der Waals surface area contributed by atoms with Crippen molar-refractivity contribution in [3.8, 4) is 12.3 Å². The average molecular weight is 320 g/mol. The van der Waals surface area contributed by atoms with E-state index in [1.165, 1.54) is 38.2 Å². The number of aromatic nitrogens is 1. The van der Waals surface area contributed by atoms with Crippen LogP contribution in [0.4, 0.5) is 10.6 Å². The third-order valence-electron chi connectivity index (χ3n) is 3.50. The van der Waals surface area contributed by atoms with Crippen LogP contribution in [-0.2, 0) is 9.59 Å². The molecule has 0 radical (unpaired) electrons. The Morgan fingerprint density at radius 1 is 1.26 bits per heavy atom. The van der Waals surface area contributed by atoms with Crippen molar-refractivity contribution >= 4 is 23.8 Å². The molecule has 1 heterocycles. The van der Waals surface area contributed by atoms with Gasteiger partial charge >= 0.3 is 18.0 Å². The summed E-state index contributed by atoms with van der Waals surface area (Å²) in [6, 6.07) is 4.26. The molecule has 1 amide bonds. The van der Waals surface area contributed by atoms with E-state index in [4.69, 9.17) is 11.5 Å². The molecule has 0 bridgehead atoms. The van der Waals surface area contributed by atoms with Crippen LogP contribution in [0, 0.1) is 17.8 Å². The highest BCUT2D eigenvalue weighted by molar-refractivity contribution is 6.00. The lowest BCUT2D eigenvalue weighted by atomic mass is 9.69. The topological polar surface area (TPSA) is 128 Å². The van der Waals surface area contributed by atoms with E-state index in [1.807, 2.05) is 5.92 Å². The van der Waals surface area contributed by atoms with Gasteiger partial charge in [-0.15, -0.1) is 6.42 Å². The van der Waals surface area contributed by atoms with Crippen LogP contribution in [0.15, 0.2) is 24.4 Å². The van der Waals surface area contributed by atoms with Gasteiger partial charge in [-0.25, -0.2) is 19.5 Å². The number of carboxylic acid groups (broad SMARTS) is 3. The van der Waals surface area contributed by atoms with Crippen LogP contribution in [0.3, 0.4) is 0 Å². The second kappa shape index (κ2) is 6.36. The van der Waals surface area contributed by atoms with Gasteiger partial charge in [0.05, 0.1) is 6.42 Å². The molecule has 1 rings (SSSR count). The number of aliphatic carboxylic acids is 2. The Balaban J connectivity index is 3.68. The largest absolute Gasteiger partial charge is 0.481 e. The summed E-state index contributed by atoms with van der Waals surface area (Å²) in [5.74, 6) is -1.18. The van der Waals surface area contributed by atoms with Crippen molar-refractivity contribution in [3.63, 3.8) is 0 Å². The molecule has 122 valence electrons. The van der Waals surface area contributed by atoms with Gasteiger partial charge in [0.15, 0.2) is 0 Å². The van der Waals surface area contributed by atoms with Gasteiger partial charge in [0.1, 0.15) is 5.82 Å². The number of rotatable bonds is 6. The SMILES string of the molecule is C#C[C@](C(=O)O)(N(C(=O)O)c1ccccn1)C(C)(C)CC(=O)O. The van der Waals surface area contributed by atoms with Crippen molar-refractivity contribution in [2.45, 2.75) is 25.8 Å². The summed E-state index contributed by atoms with van der Waals surface area (Å²) < 4.78 is 0. The highest BCUT2D eigenvalue weighted by Crippen LogP contribution is 2.41. The van der Waals surface area contributed by atoms with Crippen LogP contribution in [0.5, 0.6) is 0 Å². The number of hydrogen-bond donors (Lipinski definition) is 3. The normalized spacial score (nSPS) is 13.4. The van der Waals surface area contributed by atoms with Crippen LogP contribution < -0.4 is 4.90 Å². The van der Waals surface area contributed by atoms with Crippen molar-refractivity contribution < 1.29 is 29.7 Å². The van der Waals surface area contributed by atoms with E-state index in [2.05, 4.69) is 4.98 Å². The number of nitrogens with zero attached hydrogens (tertiary/aromatic N) is 2. The van der Waals surface area contributed by atoms with Gasteiger partial charge in [-0.3, -0.25) is 4.79 Å². The van der Waals surface area contributed by atoms with Crippen molar-refractivity contribution in [3.05, 3.63) is 24.4 Å². The minimum atomic E-state index is -2.45. The maximum absolute atomic E-state index is 11.9. The lowest BCUT2D eigenvalue weighted by Gasteiger charge is -2.44. The Kier molecular flexibility index (Phi) is 4.97. The molecule has 1 atom stereocenters. The molecule has 0 spiro atoms. The standard InChI is InChI=1S/C15H16N2O6/c1-4-15(12(20)21,14(2,3)9-11(18)19)17(13(22)23)10-7-5-6-8-16-10/h1,5-8H,9H2,2-3H3,(H,18,19)(H,20,21)(H,22,23)/t15-/m1/s1. The molecule has 0 aliphatic rings. The van der Waals surface area contributed by atoms with Crippen LogP contribution in [0.1, 0.15) is 20.3 Å². The maximum atomic E-state index is 11.9. The zero-order chi connectivity index (χ0) is 17.8. The lowest BCUT2D eigenvalue weighted by molar-refractivity contribution is -0.148. The van der Waals surface area contributed by atoms with Gasteiger partial charge in [-0.2, -0.15) is 0 Å². The summed E-state index contributed by atoms with van der Waals surface area (Å²) in [5, 5.41) is 28.2. The van der Waals surface area contributed by atoms with E-state index in [0.717, 1.165) is 0 Å². The average Bonchev–Trinajstić information content (AvgIpc) is 2.42. The zero-order valence-electron chi connectivity index (χ0n) is 12.6. The zero-order valence-corrected chi connectivity index (χ0v) is 12.6. The molecule has 3 N–H and O–H groups in total. The van der Waals surface area contributed by atoms with E-state index in [-0.39, 0.29) is 5.82 Å². The van der Waals surface area contributed by atoms with E-state index in [0.29, 0.717) is 4.90 Å². The van der Waals surface area contributed by atoms with Crippen LogP contribution >= 0.6 is 0 Å². The van der Waals surface area contributed by atoms with Crippen LogP contribution in [-0.4, -0.2) is 43.9 Å². The number of hydrogen-bond acceptors (Lipinski definition) is 4. The quantitative estimate of drug-likeness (QED) is 0.678. The minimum absolute atomic E-state index is 0.209. The second-order valence-electron chi connectivity index (χ2n) is 5.42. The number of carboxylic acids is 2. The molecule has 23 heavy (non-hydrogen) atoms.